The van der Waals surface area contributed by atoms with Crippen molar-refractivity contribution in [3.05, 3.63) is 53.1 Å². The van der Waals surface area contributed by atoms with Crippen LogP contribution in [-0.4, -0.2) is 36.5 Å². The number of hydrogen-bond acceptors (Lipinski definition) is 4. The number of carbonyl (C=O) groups excluding carboxylic acids is 2. The van der Waals surface area contributed by atoms with Crippen LogP contribution in [0.2, 0.25) is 0 Å². The van der Waals surface area contributed by atoms with Crippen LogP contribution in [0.3, 0.4) is 0 Å². The number of hydrogen-bond donors (Lipinski definition) is 1. The van der Waals surface area contributed by atoms with Gasteiger partial charge in [0.15, 0.2) is 11.5 Å². The second-order valence-electron chi connectivity index (χ2n) is 7.16. The number of anilines is 1. The van der Waals surface area contributed by atoms with Crippen LogP contribution in [0, 0.1) is 0 Å². The molecule has 0 radical (unpaired) electrons. The van der Waals surface area contributed by atoms with E-state index in [1.807, 2.05) is 24.3 Å². The maximum absolute atomic E-state index is 13.3. The molecule has 0 bridgehead atoms. The number of methoxy groups -OCH3 is 1. The van der Waals surface area contributed by atoms with Crippen molar-refractivity contribution in [2.24, 2.45) is 0 Å². The SMILES string of the molecule is CCCCOc1cc2c(cc1OC)C(=O)N1Cc3ccccc3C[C@H]1C(=O)N2. The van der Waals surface area contributed by atoms with Crippen LogP contribution >= 0.6 is 0 Å². The summed E-state index contributed by atoms with van der Waals surface area (Å²) in [5.74, 6) is 0.678. The summed E-state index contributed by atoms with van der Waals surface area (Å²) in [5.41, 5.74) is 3.09. The summed E-state index contributed by atoms with van der Waals surface area (Å²) in [6.07, 6.45) is 2.44. The van der Waals surface area contributed by atoms with Gasteiger partial charge >= 0.3 is 0 Å². The summed E-state index contributed by atoms with van der Waals surface area (Å²) in [6, 6.07) is 10.8. The predicted molar refractivity (Wildman–Crippen MR) is 106 cm³/mol. The number of unbranched alkanes of at least 4 members (excludes halogenated alkanes) is 1. The molecule has 28 heavy (non-hydrogen) atoms. The zero-order valence-corrected chi connectivity index (χ0v) is 16.2. The van der Waals surface area contributed by atoms with E-state index in [0.717, 1.165) is 24.0 Å². The lowest BCUT2D eigenvalue weighted by atomic mass is 9.93. The number of fused-ring (bicyclic) bond motifs is 3. The van der Waals surface area contributed by atoms with Gasteiger partial charge in [-0.1, -0.05) is 37.6 Å². The van der Waals surface area contributed by atoms with Crippen LogP contribution < -0.4 is 14.8 Å². The van der Waals surface area contributed by atoms with Crippen molar-refractivity contribution in [1.29, 1.82) is 0 Å². The van der Waals surface area contributed by atoms with Crippen molar-refractivity contribution in [2.75, 3.05) is 19.0 Å². The first-order valence-corrected chi connectivity index (χ1v) is 9.65. The number of nitrogens with one attached hydrogen (secondary N) is 1. The van der Waals surface area contributed by atoms with E-state index in [-0.39, 0.29) is 11.8 Å². The Morgan fingerprint density at radius 3 is 2.68 bits per heavy atom. The molecule has 0 unspecified atom stereocenters. The topological polar surface area (TPSA) is 67.9 Å². The highest BCUT2D eigenvalue weighted by Crippen LogP contribution is 2.37. The summed E-state index contributed by atoms with van der Waals surface area (Å²) in [4.78, 5) is 27.9. The molecule has 2 aliphatic rings. The molecule has 146 valence electrons. The minimum atomic E-state index is -0.523. The van der Waals surface area contributed by atoms with E-state index in [9.17, 15) is 9.59 Å². The van der Waals surface area contributed by atoms with E-state index in [4.69, 9.17) is 9.47 Å². The minimum Gasteiger partial charge on any atom is -0.493 e. The van der Waals surface area contributed by atoms with E-state index in [1.54, 1.807) is 24.1 Å². The van der Waals surface area contributed by atoms with Gasteiger partial charge in [-0.25, -0.2) is 0 Å². The average Bonchev–Trinajstić information content (AvgIpc) is 2.81. The molecule has 2 amide bonds. The molecule has 0 saturated carbocycles. The van der Waals surface area contributed by atoms with Gasteiger partial charge in [-0.05, 0) is 23.6 Å². The van der Waals surface area contributed by atoms with E-state index < -0.39 is 6.04 Å². The number of carbonyl (C=O) groups is 2. The zero-order chi connectivity index (χ0) is 19.7. The van der Waals surface area contributed by atoms with Crippen molar-refractivity contribution < 1.29 is 19.1 Å². The van der Waals surface area contributed by atoms with Gasteiger partial charge < -0.3 is 19.7 Å². The van der Waals surface area contributed by atoms with Crippen molar-refractivity contribution in [2.45, 2.75) is 38.8 Å². The lowest BCUT2D eigenvalue weighted by Crippen LogP contribution is -2.48. The van der Waals surface area contributed by atoms with Crippen molar-refractivity contribution >= 4 is 17.5 Å². The molecular formula is C22H24N2O4. The first kappa shape index (κ1) is 18.3. The van der Waals surface area contributed by atoms with Crippen LogP contribution in [0.4, 0.5) is 5.69 Å². The standard InChI is InChI=1S/C22H24N2O4/c1-3-4-9-28-20-12-17-16(11-19(20)27-2)22(26)24-13-15-8-6-5-7-14(15)10-18(24)21(25)23-17/h5-8,11-12,18H,3-4,9-10,13H2,1-2H3,(H,23,25)/t18-/m0/s1. The number of ether oxygens (including phenoxy) is 2. The molecule has 1 atom stereocenters. The molecule has 2 heterocycles. The Morgan fingerprint density at radius 2 is 1.93 bits per heavy atom. The summed E-state index contributed by atoms with van der Waals surface area (Å²) < 4.78 is 11.3. The predicted octanol–water partition coefficient (Wildman–Crippen LogP) is 3.39. The van der Waals surface area contributed by atoms with E-state index >= 15 is 0 Å². The fraction of sp³-hybridized carbons (Fsp3) is 0.364. The van der Waals surface area contributed by atoms with E-state index in [2.05, 4.69) is 12.2 Å². The molecule has 0 spiro atoms. The van der Waals surface area contributed by atoms with Crippen molar-refractivity contribution in [3.63, 3.8) is 0 Å². The Bertz CT molecular complexity index is 925. The van der Waals surface area contributed by atoms with Crippen molar-refractivity contribution in [3.8, 4) is 11.5 Å². The van der Waals surface area contributed by atoms with Gasteiger partial charge in [0, 0.05) is 19.0 Å². The Labute approximate surface area is 164 Å². The second kappa shape index (κ2) is 7.54. The maximum atomic E-state index is 13.3. The molecule has 2 aromatic rings. The lowest BCUT2D eigenvalue weighted by molar-refractivity contribution is -0.120. The van der Waals surface area contributed by atoms with Gasteiger partial charge in [-0.2, -0.15) is 0 Å². The van der Waals surface area contributed by atoms with E-state index in [0.29, 0.717) is 42.3 Å². The van der Waals surface area contributed by atoms with Crippen molar-refractivity contribution in [1.82, 2.24) is 4.90 Å². The Morgan fingerprint density at radius 1 is 1.14 bits per heavy atom. The molecule has 2 aromatic carbocycles. The number of amides is 2. The molecule has 0 aromatic heterocycles. The summed E-state index contributed by atoms with van der Waals surface area (Å²) >= 11 is 0. The molecule has 0 saturated heterocycles. The van der Waals surface area contributed by atoms with Crippen LogP contribution in [0.1, 0.15) is 41.3 Å². The third-order valence-corrected chi connectivity index (χ3v) is 5.36. The van der Waals surface area contributed by atoms with Gasteiger partial charge in [0.05, 0.1) is 25.0 Å². The van der Waals surface area contributed by atoms with Crippen LogP contribution in [0.25, 0.3) is 0 Å². The number of rotatable bonds is 5. The molecular weight excluding hydrogens is 356 g/mol. The lowest BCUT2D eigenvalue weighted by Gasteiger charge is -2.34. The van der Waals surface area contributed by atoms with E-state index in [1.165, 1.54) is 0 Å². The Balaban J connectivity index is 1.71. The monoisotopic (exact) mass is 380 g/mol. The Kier molecular flexibility index (Phi) is 4.94. The molecule has 0 aliphatic carbocycles. The molecule has 0 fully saturated rings. The molecule has 2 aliphatic heterocycles. The summed E-state index contributed by atoms with van der Waals surface area (Å²) in [5, 5.41) is 2.93. The first-order valence-electron chi connectivity index (χ1n) is 9.65. The highest BCUT2D eigenvalue weighted by atomic mass is 16.5. The molecule has 6 nitrogen and oxygen atoms in total. The minimum absolute atomic E-state index is 0.175. The third kappa shape index (κ3) is 3.19. The van der Waals surface area contributed by atoms with Gasteiger partial charge in [-0.3, -0.25) is 9.59 Å². The maximum Gasteiger partial charge on any atom is 0.257 e. The van der Waals surface area contributed by atoms with Crippen LogP contribution in [0.15, 0.2) is 36.4 Å². The number of nitrogens with zero attached hydrogens (tertiary/aromatic N) is 1. The van der Waals surface area contributed by atoms with Gasteiger partial charge in [0.1, 0.15) is 6.04 Å². The normalized spacial score (nSPS) is 17.8. The second-order valence-corrected chi connectivity index (χ2v) is 7.16. The summed E-state index contributed by atoms with van der Waals surface area (Å²) in [6.45, 7) is 3.06. The fourth-order valence-electron chi connectivity index (χ4n) is 3.78. The largest absolute Gasteiger partial charge is 0.493 e. The highest BCUT2D eigenvalue weighted by molar-refractivity contribution is 6.10. The number of benzene rings is 2. The summed E-state index contributed by atoms with van der Waals surface area (Å²) in [7, 11) is 1.55. The molecule has 4 rings (SSSR count). The smallest absolute Gasteiger partial charge is 0.257 e. The Hall–Kier alpha value is -3.02. The molecule has 1 N–H and O–H groups in total. The first-order chi connectivity index (χ1) is 13.6. The molecule has 6 heteroatoms. The zero-order valence-electron chi connectivity index (χ0n) is 16.2. The van der Waals surface area contributed by atoms with Gasteiger partial charge in [0.2, 0.25) is 5.91 Å². The van der Waals surface area contributed by atoms with Crippen LogP contribution in [0.5, 0.6) is 11.5 Å². The quantitative estimate of drug-likeness (QED) is 0.808. The van der Waals surface area contributed by atoms with Gasteiger partial charge in [0.25, 0.3) is 5.91 Å². The average molecular weight is 380 g/mol. The fourth-order valence-corrected chi connectivity index (χ4v) is 3.78. The highest BCUT2D eigenvalue weighted by Gasteiger charge is 2.39. The van der Waals surface area contributed by atoms with Crippen LogP contribution in [-0.2, 0) is 17.8 Å². The third-order valence-electron chi connectivity index (χ3n) is 5.36. The van der Waals surface area contributed by atoms with Gasteiger partial charge in [-0.15, -0.1) is 0 Å².